The van der Waals surface area contributed by atoms with Crippen LogP contribution in [0.15, 0.2) is 30.3 Å². The van der Waals surface area contributed by atoms with Gasteiger partial charge in [-0.15, -0.1) is 0 Å². The second-order valence-corrected chi connectivity index (χ2v) is 5.14. The van der Waals surface area contributed by atoms with Crippen molar-refractivity contribution in [2.24, 2.45) is 5.92 Å². The number of benzene rings is 1. The molecule has 6 heteroatoms. The lowest BCUT2D eigenvalue weighted by molar-refractivity contribution is -0.141. The topological polar surface area (TPSA) is 78.9 Å². The predicted molar refractivity (Wildman–Crippen MR) is 76.9 cm³/mol. The second-order valence-electron chi connectivity index (χ2n) is 5.14. The van der Waals surface area contributed by atoms with Gasteiger partial charge in [0.25, 0.3) is 0 Å². The fraction of sp³-hybridized carbons (Fsp3) is 0.467. The second kappa shape index (κ2) is 7.08. The van der Waals surface area contributed by atoms with E-state index in [1.807, 2.05) is 30.3 Å². The van der Waals surface area contributed by atoms with Gasteiger partial charge in [0.2, 0.25) is 0 Å². The lowest BCUT2D eigenvalue weighted by Crippen LogP contribution is -2.42. The standard InChI is InChI=1S/C15H20N2O4/c1-21-10-13(11-5-3-2-4-6-11)16-15(20)17-8-7-12(9-17)14(18)19/h2-6,12-13H,7-10H2,1H3,(H,16,20)(H,18,19). The molecule has 21 heavy (non-hydrogen) atoms. The van der Waals surface area contributed by atoms with Gasteiger partial charge < -0.3 is 20.1 Å². The van der Waals surface area contributed by atoms with E-state index in [0.717, 1.165) is 5.56 Å². The van der Waals surface area contributed by atoms with E-state index in [1.54, 1.807) is 12.0 Å². The highest BCUT2D eigenvalue weighted by Gasteiger charge is 2.31. The predicted octanol–water partition coefficient (Wildman–Crippen LogP) is 1.49. The van der Waals surface area contributed by atoms with Crippen LogP contribution < -0.4 is 5.32 Å². The molecule has 1 aliphatic rings. The van der Waals surface area contributed by atoms with Crippen molar-refractivity contribution in [3.8, 4) is 0 Å². The normalized spacial score (nSPS) is 19.3. The fourth-order valence-electron chi connectivity index (χ4n) is 2.46. The van der Waals surface area contributed by atoms with Crippen LogP contribution in [0, 0.1) is 5.92 Å². The van der Waals surface area contributed by atoms with Gasteiger partial charge >= 0.3 is 12.0 Å². The van der Waals surface area contributed by atoms with E-state index in [-0.39, 0.29) is 18.6 Å². The highest BCUT2D eigenvalue weighted by atomic mass is 16.5. The van der Waals surface area contributed by atoms with Crippen LogP contribution in [0.4, 0.5) is 4.79 Å². The molecule has 1 fully saturated rings. The molecular formula is C15H20N2O4. The highest BCUT2D eigenvalue weighted by molar-refractivity contribution is 5.77. The summed E-state index contributed by atoms with van der Waals surface area (Å²) in [6.07, 6.45) is 0.503. The van der Waals surface area contributed by atoms with Gasteiger partial charge in [0.15, 0.2) is 0 Å². The highest BCUT2D eigenvalue weighted by Crippen LogP contribution is 2.18. The van der Waals surface area contributed by atoms with E-state index in [1.165, 1.54) is 0 Å². The average Bonchev–Trinajstić information content (AvgIpc) is 2.98. The summed E-state index contributed by atoms with van der Waals surface area (Å²) in [4.78, 5) is 24.7. The number of ether oxygens (including phenoxy) is 1. The Morgan fingerprint density at radius 2 is 2.14 bits per heavy atom. The Balaban J connectivity index is 1.98. The third-order valence-corrected chi connectivity index (χ3v) is 3.66. The molecule has 1 heterocycles. The Labute approximate surface area is 123 Å². The number of nitrogens with zero attached hydrogens (tertiary/aromatic N) is 1. The SMILES string of the molecule is COCC(NC(=O)N1CCC(C(=O)O)C1)c1ccccc1. The zero-order chi connectivity index (χ0) is 15.2. The number of amides is 2. The third-order valence-electron chi connectivity index (χ3n) is 3.66. The molecule has 1 aromatic rings. The first-order valence-electron chi connectivity index (χ1n) is 6.94. The number of methoxy groups -OCH3 is 1. The Bertz CT molecular complexity index is 492. The van der Waals surface area contributed by atoms with Crippen LogP contribution in [0.3, 0.4) is 0 Å². The number of carbonyl (C=O) groups excluding carboxylic acids is 1. The summed E-state index contributed by atoms with van der Waals surface area (Å²) in [5.41, 5.74) is 0.960. The molecule has 1 aromatic carbocycles. The fourth-order valence-corrected chi connectivity index (χ4v) is 2.46. The summed E-state index contributed by atoms with van der Waals surface area (Å²) in [5, 5.41) is 11.9. The Kier molecular flexibility index (Phi) is 5.16. The first kappa shape index (κ1) is 15.3. The summed E-state index contributed by atoms with van der Waals surface area (Å²) in [6.45, 7) is 1.10. The van der Waals surface area contributed by atoms with Crippen molar-refractivity contribution in [3.05, 3.63) is 35.9 Å². The molecule has 6 nitrogen and oxygen atoms in total. The first-order valence-corrected chi connectivity index (χ1v) is 6.94. The first-order chi connectivity index (χ1) is 10.1. The summed E-state index contributed by atoms with van der Waals surface area (Å²) in [5.74, 6) is -1.31. The van der Waals surface area contributed by atoms with E-state index in [9.17, 15) is 9.59 Å². The monoisotopic (exact) mass is 292 g/mol. The van der Waals surface area contributed by atoms with Gasteiger partial charge in [-0.25, -0.2) is 4.79 Å². The molecule has 0 radical (unpaired) electrons. The van der Waals surface area contributed by atoms with Crippen molar-refractivity contribution in [1.29, 1.82) is 0 Å². The summed E-state index contributed by atoms with van der Waals surface area (Å²) in [7, 11) is 1.58. The zero-order valence-corrected chi connectivity index (χ0v) is 12.0. The maximum atomic E-state index is 12.2. The number of carbonyl (C=O) groups is 2. The molecule has 2 N–H and O–H groups in total. The third kappa shape index (κ3) is 3.95. The van der Waals surface area contributed by atoms with E-state index in [2.05, 4.69) is 5.32 Å². The Morgan fingerprint density at radius 1 is 1.43 bits per heavy atom. The van der Waals surface area contributed by atoms with E-state index in [0.29, 0.717) is 19.6 Å². The van der Waals surface area contributed by atoms with E-state index < -0.39 is 11.9 Å². The van der Waals surface area contributed by atoms with Crippen LogP contribution in [0.1, 0.15) is 18.0 Å². The molecular weight excluding hydrogens is 272 g/mol. The van der Waals surface area contributed by atoms with Gasteiger partial charge in [-0.3, -0.25) is 4.79 Å². The molecule has 0 saturated carbocycles. The molecule has 0 aromatic heterocycles. The van der Waals surface area contributed by atoms with Crippen LogP contribution >= 0.6 is 0 Å². The number of carboxylic acid groups (broad SMARTS) is 1. The lowest BCUT2D eigenvalue weighted by atomic mass is 10.1. The number of hydrogen-bond donors (Lipinski definition) is 2. The van der Waals surface area contributed by atoms with Gasteiger partial charge in [0.05, 0.1) is 18.6 Å². The van der Waals surface area contributed by atoms with Crippen molar-refractivity contribution in [3.63, 3.8) is 0 Å². The number of aliphatic carboxylic acids is 1. The minimum atomic E-state index is -0.846. The van der Waals surface area contributed by atoms with Gasteiger partial charge in [-0.2, -0.15) is 0 Å². The molecule has 2 unspecified atom stereocenters. The number of urea groups is 1. The van der Waals surface area contributed by atoms with Crippen molar-refractivity contribution in [2.75, 3.05) is 26.8 Å². The number of hydrogen-bond acceptors (Lipinski definition) is 3. The van der Waals surface area contributed by atoms with Crippen LogP contribution in [-0.4, -0.2) is 48.8 Å². The van der Waals surface area contributed by atoms with Crippen molar-refractivity contribution in [2.45, 2.75) is 12.5 Å². The maximum absolute atomic E-state index is 12.2. The van der Waals surface area contributed by atoms with Crippen molar-refractivity contribution in [1.82, 2.24) is 10.2 Å². The average molecular weight is 292 g/mol. The van der Waals surface area contributed by atoms with Gasteiger partial charge in [-0.05, 0) is 12.0 Å². The molecule has 1 aliphatic heterocycles. The molecule has 114 valence electrons. The summed E-state index contributed by atoms with van der Waals surface area (Å²) >= 11 is 0. The largest absolute Gasteiger partial charge is 0.481 e. The van der Waals surface area contributed by atoms with Gasteiger partial charge in [0.1, 0.15) is 0 Å². The molecule has 2 rings (SSSR count). The van der Waals surface area contributed by atoms with Crippen LogP contribution in [0.2, 0.25) is 0 Å². The zero-order valence-electron chi connectivity index (χ0n) is 12.0. The molecule has 2 atom stereocenters. The van der Waals surface area contributed by atoms with E-state index >= 15 is 0 Å². The minimum absolute atomic E-state index is 0.243. The van der Waals surface area contributed by atoms with Crippen LogP contribution in [0.5, 0.6) is 0 Å². The van der Waals surface area contributed by atoms with Crippen LogP contribution in [-0.2, 0) is 9.53 Å². The molecule has 0 spiro atoms. The lowest BCUT2D eigenvalue weighted by Gasteiger charge is -2.23. The quantitative estimate of drug-likeness (QED) is 0.862. The summed E-state index contributed by atoms with van der Waals surface area (Å²) in [6, 6.07) is 9.08. The summed E-state index contributed by atoms with van der Waals surface area (Å²) < 4.78 is 5.15. The van der Waals surface area contributed by atoms with Crippen LogP contribution in [0.25, 0.3) is 0 Å². The molecule has 0 bridgehead atoms. The van der Waals surface area contributed by atoms with Gasteiger partial charge in [-0.1, -0.05) is 30.3 Å². The maximum Gasteiger partial charge on any atom is 0.317 e. The van der Waals surface area contributed by atoms with E-state index in [4.69, 9.17) is 9.84 Å². The number of likely N-dealkylation sites (tertiary alicyclic amines) is 1. The Hall–Kier alpha value is -2.08. The minimum Gasteiger partial charge on any atom is -0.481 e. The molecule has 1 saturated heterocycles. The van der Waals surface area contributed by atoms with Gasteiger partial charge in [0, 0.05) is 20.2 Å². The Morgan fingerprint density at radius 3 is 2.71 bits per heavy atom. The molecule has 0 aliphatic carbocycles. The number of carboxylic acids is 1. The van der Waals surface area contributed by atoms with Crippen molar-refractivity contribution < 1.29 is 19.4 Å². The number of rotatable bonds is 5. The smallest absolute Gasteiger partial charge is 0.317 e. The number of nitrogens with one attached hydrogen (secondary N) is 1. The molecule has 2 amide bonds. The van der Waals surface area contributed by atoms with Crippen molar-refractivity contribution >= 4 is 12.0 Å².